The Morgan fingerprint density at radius 1 is 1.17 bits per heavy atom. The topological polar surface area (TPSA) is 144 Å². The highest BCUT2D eigenvalue weighted by atomic mass is 19.3. The maximum atomic E-state index is 15.0. The molecule has 1 N–H and O–H groups in total. The molecule has 13 heteroatoms. The van der Waals surface area contributed by atoms with Crippen molar-refractivity contribution in [1.82, 2.24) is 20.2 Å². The third kappa shape index (κ3) is 7.12. The third-order valence-corrected chi connectivity index (χ3v) is 9.51. The molecule has 48 heavy (non-hydrogen) atoms. The van der Waals surface area contributed by atoms with Gasteiger partial charge in [0, 0.05) is 6.42 Å². The number of allylic oxidation sites excluding steroid dienone is 2. The van der Waals surface area contributed by atoms with Gasteiger partial charge in [-0.15, -0.1) is 6.58 Å². The Labute approximate surface area is 278 Å². The average Bonchev–Trinajstić information content (AvgIpc) is 3.54. The lowest BCUT2D eigenvalue weighted by atomic mass is 9.85. The molecule has 3 aliphatic rings. The molecule has 256 valence electrons. The minimum atomic E-state index is -3.63. The lowest BCUT2D eigenvalue weighted by Gasteiger charge is -2.35. The summed E-state index contributed by atoms with van der Waals surface area (Å²) >= 11 is 0. The number of hydrogen-bond donors (Lipinski definition) is 1. The zero-order valence-electron chi connectivity index (χ0n) is 27.6. The summed E-state index contributed by atoms with van der Waals surface area (Å²) in [5.41, 5.74) is -1.12. The van der Waals surface area contributed by atoms with Crippen LogP contribution in [0.2, 0.25) is 0 Å². The van der Waals surface area contributed by atoms with Crippen LogP contribution in [-0.2, 0) is 25.0 Å². The molecule has 2 heterocycles. The van der Waals surface area contributed by atoms with Gasteiger partial charge in [0.15, 0.2) is 5.69 Å². The summed E-state index contributed by atoms with van der Waals surface area (Å²) in [5.74, 6) is -4.15. The predicted molar refractivity (Wildman–Crippen MR) is 171 cm³/mol. The predicted octanol–water partition coefficient (Wildman–Crippen LogP) is 5.43. The van der Waals surface area contributed by atoms with Gasteiger partial charge >= 0.3 is 18.0 Å². The van der Waals surface area contributed by atoms with Gasteiger partial charge in [-0.05, 0) is 73.1 Å². The fourth-order valence-electron chi connectivity index (χ4n) is 6.91. The molecule has 1 aromatic heterocycles. The molecule has 1 aromatic carbocycles. The molecule has 7 atom stereocenters. The van der Waals surface area contributed by atoms with Crippen LogP contribution in [-0.4, -0.2) is 70.8 Å². The number of carbonyl (C=O) groups excluding carboxylic acids is 3. The van der Waals surface area contributed by atoms with E-state index in [4.69, 9.17) is 14.2 Å². The number of aromatic nitrogens is 2. The quantitative estimate of drug-likeness (QED) is 0.245. The van der Waals surface area contributed by atoms with E-state index in [1.54, 1.807) is 20.8 Å². The van der Waals surface area contributed by atoms with Gasteiger partial charge in [0.2, 0.25) is 11.8 Å². The van der Waals surface area contributed by atoms with E-state index in [2.05, 4.69) is 28.4 Å². The SMILES string of the molecule is C=CCC[C@H]1[C@H](OC(=O)N[C@H](C(=O)N2C[C@H](Oc3nc4cc(C#N)ccc4nc3C(F)(F)C=C)C[C@H]2C(=O)OC)C(C)(C)C)CC2C[C@@H]21. The number of nitrogens with zero attached hydrogens (tertiary/aromatic N) is 4. The molecule has 1 unspecified atom stereocenters. The fraction of sp³-hybridized carbons (Fsp3) is 0.543. The Kier molecular flexibility index (Phi) is 9.76. The van der Waals surface area contributed by atoms with Crippen LogP contribution in [0.5, 0.6) is 5.88 Å². The summed E-state index contributed by atoms with van der Waals surface area (Å²) in [6.45, 7) is 12.1. The number of esters is 1. The molecule has 11 nitrogen and oxygen atoms in total. The second-order valence-electron chi connectivity index (χ2n) is 13.8. The maximum Gasteiger partial charge on any atom is 0.408 e. The van der Waals surface area contributed by atoms with Gasteiger partial charge < -0.3 is 24.4 Å². The molecule has 5 rings (SSSR count). The number of nitrogens with one attached hydrogen (secondary N) is 1. The standard InChI is InChI=1S/C35H41F2N5O6/c1-7-9-10-22-23-14-20(23)15-27(22)48-33(45)41-29(34(3,4)5)31(43)42-18-21(16-26(42)32(44)46-6)47-30-28(35(36,37)8-2)39-24-12-11-19(17-38)13-25(24)40-30/h7-8,11-13,20-23,26-27,29H,1-2,9-10,14-16,18H2,3-6H3,(H,41,45)/t20?,21-,22-,23+,26+,27-,29-/m1/s1. The number of alkyl carbamates (subject to hydrolysis) is 1. The highest BCUT2D eigenvalue weighted by Gasteiger charge is 2.54. The van der Waals surface area contributed by atoms with Crippen molar-refractivity contribution >= 4 is 29.0 Å². The highest BCUT2D eigenvalue weighted by molar-refractivity contribution is 5.91. The van der Waals surface area contributed by atoms with Crippen molar-refractivity contribution in [2.75, 3.05) is 13.7 Å². The average molecular weight is 666 g/mol. The number of carbonyl (C=O) groups is 3. The molecule has 2 saturated carbocycles. The van der Waals surface area contributed by atoms with Gasteiger partial charge in [-0.1, -0.05) is 33.4 Å². The minimum absolute atomic E-state index is 0.105. The van der Waals surface area contributed by atoms with Gasteiger partial charge in [0.1, 0.15) is 24.3 Å². The fourth-order valence-corrected chi connectivity index (χ4v) is 6.91. The van der Waals surface area contributed by atoms with Crippen LogP contribution < -0.4 is 10.1 Å². The van der Waals surface area contributed by atoms with Crippen LogP contribution in [0, 0.1) is 34.5 Å². The van der Waals surface area contributed by atoms with Crippen molar-refractivity contribution in [3.05, 3.63) is 54.8 Å². The van der Waals surface area contributed by atoms with E-state index >= 15 is 8.78 Å². The number of nitriles is 1. The van der Waals surface area contributed by atoms with E-state index in [0.717, 1.165) is 25.7 Å². The number of rotatable bonds is 11. The zero-order valence-corrected chi connectivity index (χ0v) is 27.6. The summed E-state index contributed by atoms with van der Waals surface area (Å²) in [5, 5.41) is 12.1. The number of benzene rings is 1. The second kappa shape index (κ2) is 13.5. The van der Waals surface area contributed by atoms with Gasteiger partial charge in [-0.25, -0.2) is 19.6 Å². The number of amides is 2. The van der Waals surface area contributed by atoms with Crippen LogP contribution in [0.4, 0.5) is 13.6 Å². The third-order valence-electron chi connectivity index (χ3n) is 9.51. The van der Waals surface area contributed by atoms with E-state index in [0.29, 0.717) is 17.9 Å². The summed E-state index contributed by atoms with van der Waals surface area (Å²) in [6.07, 6.45) is 3.82. The van der Waals surface area contributed by atoms with E-state index in [1.165, 1.54) is 30.2 Å². The molecular weight excluding hydrogens is 624 g/mol. The zero-order chi connectivity index (χ0) is 35.0. The van der Waals surface area contributed by atoms with E-state index in [-0.39, 0.29) is 41.6 Å². The van der Waals surface area contributed by atoms with Crippen LogP contribution in [0.25, 0.3) is 11.0 Å². The Bertz CT molecular complexity index is 1650. The van der Waals surface area contributed by atoms with E-state index in [9.17, 15) is 19.6 Å². The lowest BCUT2D eigenvalue weighted by molar-refractivity contribution is -0.152. The molecule has 0 bridgehead atoms. The number of ether oxygens (including phenoxy) is 3. The number of alkyl halides is 2. The Morgan fingerprint density at radius 2 is 1.92 bits per heavy atom. The van der Waals surface area contributed by atoms with E-state index < -0.39 is 59.1 Å². The molecule has 3 fully saturated rings. The van der Waals surface area contributed by atoms with Crippen LogP contribution in [0.3, 0.4) is 0 Å². The van der Waals surface area contributed by atoms with Gasteiger partial charge in [0.25, 0.3) is 0 Å². The highest BCUT2D eigenvalue weighted by Crippen LogP contribution is 2.57. The number of methoxy groups -OCH3 is 1. The first-order valence-corrected chi connectivity index (χ1v) is 16.1. The smallest absolute Gasteiger partial charge is 0.408 e. The van der Waals surface area contributed by atoms with Gasteiger partial charge in [-0.2, -0.15) is 14.0 Å². The molecule has 0 spiro atoms. The molecular formula is C35H41F2N5O6. The number of halogens is 2. The molecule has 2 amide bonds. The normalized spacial score (nSPS) is 25.4. The van der Waals surface area contributed by atoms with Crippen molar-refractivity contribution in [3.63, 3.8) is 0 Å². The monoisotopic (exact) mass is 665 g/mol. The summed E-state index contributed by atoms with van der Waals surface area (Å²) in [6, 6.07) is 3.95. The minimum Gasteiger partial charge on any atom is -0.471 e. The maximum absolute atomic E-state index is 15.0. The van der Waals surface area contributed by atoms with Crippen molar-refractivity contribution < 1.29 is 37.4 Å². The van der Waals surface area contributed by atoms with Crippen LogP contribution >= 0.6 is 0 Å². The molecule has 1 aliphatic heterocycles. The van der Waals surface area contributed by atoms with Gasteiger partial charge in [-0.3, -0.25) is 4.79 Å². The number of likely N-dealkylation sites (tertiary alicyclic amines) is 1. The van der Waals surface area contributed by atoms with Crippen LogP contribution in [0.1, 0.15) is 64.1 Å². The first-order chi connectivity index (χ1) is 22.7. The second-order valence-corrected chi connectivity index (χ2v) is 13.8. The van der Waals surface area contributed by atoms with Crippen molar-refractivity contribution in [2.45, 2.75) is 83.1 Å². The Hall–Kier alpha value is -4.60. The van der Waals surface area contributed by atoms with Crippen LogP contribution in [0.15, 0.2) is 43.5 Å². The van der Waals surface area contributed by atoms with Crippen molar-refractivity contribution in [1.29, 1.82) is 5.26 Å². The van der Waals surface area contributed by atoms with Gasteiger partial charge in [0.05, 0.1) is 36.3 Å². The molecule has 2 aliphatic carbocycles. The largest absolute Gasteiger partial charge is 0.471 e. The first kappa shape index (κ1) is 34.7. The molecule has 2 aromatic rings. The Morgan fingerprint density at radius 3 is 2.56 bits per heavy atom. The molecule has 0 radical (unpaired) electrons. The first-order valence-electron chi connectivity index (χ1n) is 16.1. The van der Waals surface area contributed by atoms with Crippen molar-refractivity contribution in [2.24, 2.45) is 23.2 Å². The summed E-state index contributed by atoms with van der Waals surface area (Å²) in [4.78, 5) is 49.9. The molecule has 1 saturated heterocycles. The van der Waals surface area contributed by atoms with Crippen molar-refractivity contribution in [3.8, 4) is 11.9 Å². The summed E-state index contributed by atoms with van der Waals surface area (Å²) < 4.78 is 46.9. The lowest BCUT2D eigenvalue weighted by Crippen LogP contribution is -2.57. The van der Waals surface area contributed by atoms with E-state index in [1.807, 2.05) is 12.1 Å². The number of hydrogen-bond acceptors (Lipinski definition) is 9. The summed E-state index contributed by atoms with van der Waals surface area (Å²) in [7, 11) is 1.18. The number of fused-ring (bicyclic) bond motifs is 2. The Balaban J connectivity index is 1.38.